The van der Waals surface area contributed by atoms with Crippen molar-refractivity contribution in [3.63, 3.8) is 0 Å². The van der Waals surface area contributed by atoms with Gasteiger partial charge in [-0.3, -0.25) is 10.1 Å². The molecule has 1 spiro atoms. The van der Waals surface area contributed by atoms with Gasteiger partial charge in [0.1, 0.15) is 11.9 Å². The first-order chi connectivity index (χ1) is 24.6. The lowest BCUT2D eigenvalue weighted by Crippen LogP contribution is -2.65. The summed E-state index contributed by atoms with van der Waals surface area (Å²) < 4.78 is 46.1. The number of benzene rings is 4. The maximum atomic E-state index is 15.1. The molecule has 11 nitrogen and oxygen atoms in total. The number of likely N-dealkylation sites (tertiary alicyclic amines) is 1. The first kappa shape index (κ1) is 30.3. The van der Waals surface area contributed by atoms with Gasteiger partial charge >= 0.3 is 6.09 Å². The molecule has 0 saturated carbocycles. The van der Waals surface area contributed by atoms with Gasteiger partial charge in [-0.2, -0.15) is 8.87 Å². The Hall–Kier alpha value is -5.49. The molecule has 1 fully saturated rings. The topological polar surface area (TPSA) is 123 Å². The van der Waals surface area contributed by atoms with Crippen molar-refractivity contribution in [3.8, 4) is 5.75 Å². The SMILES string of the molecule is COC(=O)N1CC[C@]23c4c5ccc(C6N(S(=O)(=O)c7ccc([N+](=O)[O-])cc7)c7cccc8ccc9ccc[n+]6c9c78)c4O[C@H]2[C@@H](C)C=C[C@H]3C1C5. The van der Waals surface area contributed by atoms with Crippen LogP contribution in [0.2, 0.25) is 0 Å². The average Bonchev–Trinajstić information content (AvgIpc) is 3.49. The van der Waals surface area contributed by atoms with Gasteiger partial charge in [-0.25, -0.2) is 13.2 Å². The number of methoxy groups -OCH3 is 1. The molecule has 1 amide bonds. The average molecular weight is 702 g/mol. The number of hydrogen-bond donors (Lipinski definition) is 0. The van der Waals surface area contributed by atoms with Crippen molar-refractivity contribution in [2.45, 2.75) is 48.4 Å². The molecule has 2 unspecified atom stereocenters. The maximum Gasteiger partial charge on any atom is 0.409 e. The Morgan fingerprint density at radius 1 is 1.02 bits per heavy atom. The number of ether oxygens (including phenoxy) is 2. The van der Waals surface area contributed by atoms with E-state index in [2.05, 4.69) is 31.2 Å². The van der Waals surface area contributed by atoms with Crippen molar-refractivity contribution in [2.75, 3.05) is 18.0 Å². The number of nitro groups is 1. The third-order valence-electron chi connectivity index (χ3n) is 12.0. The summed E-state index contributed by atoms with van der Waals surface area (Å²) in [5.74, 6) is 0.787. The Morgan fingerprint density at radius 2 is 1.80 bits per heavy atom. The summed E-state index contributed by atoms with van der Waals surface area (Å²) >= 11 is 0. The minimum atomic E-state index is -4.32. The van der Waals surface area contributed by atoms with E-state index in [1.54, 1.807) is 0 Å². The maximum absolute atomic E-state index is 15.1. The van der Waals surface area contributed by atoms with E-state index in [1.165, 1.54) is 35.7 Å². The molecule has 10 rings (SSSR count). The fourth-order valence-electron chi connectivity index (χ4n) is 10.0. The lowest BCUT2D eigenvalue weighted by atomic mass is 9.52. The number of aromatic nitrogens is 1. The van der Waals surface area contributed by atoms with Gasteiger partial charge in [0.15, 0.2) is 6.20 Å². The number of pyridine rings is 1. The van der Waals surface area contributed by atoms with Crippen LogP contribution in [0, 0.1) is 22.0 Å². The summed E-state index contributed by atoms with van der Waals surface area (Å²) in [6.45, 7) is 2.69. The highest BCUT2D eigenvalue weighted by Gasteiger charge is 2.65. The number of anilines is 1. The van der Waals surface area contributed by atoms with Crippen LogP contribution in [0.15, 0.2) is 102 Å². The van der Waals surface area contributed by atoms with E-state index in [9.17, 15) is 14.9 Å². The number of hydrogen-bond acceptors (Lipinski definition) is 7. The van der Waals surface area contributed by atoms with Crippen LogP contribution in [0.1, 0.15) is 36.2 Å². The fraction of sp³-hybridized carbons (Fsp3) is 0.282. The number of carbonyl (C=O) groups is 1. The molecule has 0 radical (unpaired) electrons. The van der Waals surface area contributed by atoms with Crippen LogP contribution in [-0.2, 0) is 26.6 Å². The summed E-state index contributed by atoms with van der Waals surface area (Å²) in [6.07, 6.45) is 6.26. The van der Waals surface area contributed by atoms with Gasteiger partial charge in [0.05, 0.1) is 33.6 Å². The van der Waals surface area contributed by atoms with E-state index >= 15 is 8.42 Å². The summed E-state index contributed by atoms with van der Waals surface area (Å²) in [6, 6.07) is 22.7. The second-order valence-electron chi connectivity index (χ2n) is 14.3. The van der Waals surface area contributed by atoms with Crippen LogP contribution in [0.25, 0.3) is 21.7 Å². The summed E-state index contributed by atoms with van der Waals surface area (Å²) in [5, 5.41) is 14.2. The molecule has 4 aromatic carbocycles. The Labute approximate surface area is 293 Å². The Kier molecular flexibility index (Phi) is 6.12. The van der Waals surface area contributed by atoms with E-state index < -0.39 is 26.5 Å². The van der Waals surface area contributed by atoms with Gasteiger partial charge in [0, 0.05) is 59.0 Å². The molecule has 2 bridgehead atoms. The van der Waals surface area contributed by atoms with E-state index in [1.807, 2.05) is 58.1 Å². The fourth-order valence-corrected chi connectivity index (χ4v) is 11.6. The number of nitrogens with zero attached hydrogens (tertiary/aromatic N) is 4. The van der Waals surface area contributed by atoms with Gasteiger partial charge in [0.25, 0.3) is 21.9 Å². The Bertz CT molecular complexity index is 2520. The number of piperidine rings is 1. The molecule has 2 aliphatic carbocycles. The van der Waals surface area contributed by atoms with Crippen molar-refractivity contribution in [1.82, 2.24) is 4.90 Å². The predicted molar refractivity (Wildman–Crippen MR) is 188 cm³/mol. The van der Waals surface area contributed by atoms with Crippen molar-refractivity contribution in [3.05, 3.63) is 124 Å². The van der Waals surface area contributed by atoms with Gasteiger partial charge in [0.2, 0.25) is 5.52 Å². The van der Waals surface area contributed by atoms with Crippen LogP contribution in [0.5, 0.6) is 5.75 Å². The summed E-state index contributed by atoms with van der Waals surface area (Å²) in [4.78, 5) is 25.8. The Balaban J connectivity index is 1.24. The number of rotatable bonds is 4. The van der Waals surface area contributed by atoms with Gasteiger partial charge < -0.3 is 14.4 Å². The van der Waals surface area contributed by atoms with Crippen LogP contribution in [0.3, 0.4) is 0 Å². The summed E-state index contributed by atoms with van der Waals surface area (Å²) in [7, 11) is -2.90. The van der Waals surface area contributed by atoms with Crippen LogP contribution >= 0.6 is 0 Å². The zero-order chi connectivity index (χ0) is 35.0. The van der Waals surface area contributed by atoms with Gasteiger partial charge in [-0.15, -0.1) is 0 Å². The predicted octanol–water partition coefficient (Wildman–Crippen LogP) is 6.16. The second kappa shape index (κ2) is 10.3. The van der Waals surface area contributed by atoms with E-state index in [4.69, 9.17) is 9.47 Å². The van der Waals surface area contributed by atoms with Crippen molar-refractivity contribution in [1.29, 1.82) is 0 Å². The molecule has 51 heavy (non-hydrogen) atoms. The number of nitro benzene ring substituents is 1. The molecular formula is C39H33N4O7S+. The third kappa shape index (κ3) is 3.80. The molecule has 4 heterocycles. The van der Waals surface area contributed by atoms with Crippen molar-refractivity contribution in [2.24, 2.45) is 11.8 Å². The molecule has 5 aromatic rings. The quantitative estimate of drug-likeness (QED) is 0.0723. The molecule has 1 aromatic heterocycles. The van der Waals surface area contributed by atoms with Crippen LogP contribution < -0.4 is 13.6 Å². The van der Waals surface area contributed by atoms with Crippen LogP contribution in [0.4, 0.5) is 16.2 Å². The van der Waals surface area contributed by atoms with Gasteiger partial charge in [-0.1, -0.05) is 43.3 Å². The highest BCUT2D eigenvalue weighted by Crippen LogP contribution is 2.63. The molecule has 12 heteroatoms. The molecule has 256 valence electrons. The minimum absolute atomic E-state index is 0.00686. The highest BCUT2D eigenvalue weighted by molar-refractivity contribution is 7.92. The zero-order valence-electron chi connectivity index (χ0n) is 27.8. The third-order valence-corrected chi connectivity index (χ3v) is 13.8. The first-order valence-electron chi connectivity index (χ1n) is 17.2. The largest absolute Gasteiger partial charge is 0.488 e. The van der Waals surface area contributed by atoms with Gasteiger partial charge in [-0.05, 0) is 60.2 Å². The minimum Gasteiger partial charge on any atom is -0.488 e. The molecule has 6 atom stereocenters. The molecule has 1 saturated heterocycles. The highest BCUT2D eigenvalue weighted by atomic mass is 32.2. The number of carbonyl (C=O) groups excluding carboxylic acids is 1. The van der Waals surface area contributed by atoms with Crippen LogP contribution in [-0.4, -0.2) is 50.1 Å². The molecule has 3 aliphatic heterocycles. The number of non-ortho nitro benzene ring substituents is 1. The number of sulfonamides is 1. The standard InChI is InChI=1S/C39H33N4O7S/c1-22-8-17-29-31-21-25-11-16-28(35-33(25)39(29,36(22)50-35)18-20-40(31)38(44)49-2)37-41-19-4-6-24-10-9-23-5-3-7-30(32(23)34(24)41)42(37)51(47,48)27-14-12-26(13-15-27)43(45)46/h3-17,19,22,29,31,36-37H,18,20-21H2,1-2H3/q+1/t22-,29-,31?,36-,37?,39-/m0/s1. The van der Waals surface area contributed by atoms with E-state index in [0.717, 1.165) is 32.8 Å². The monoisotopic (exact) mass is 701 g/mol. The van der Waals surface area contributed by atoms with Crippen molar-refractivity contribution >= 4 is 49.2 Å². The molecule has 0 N–H and O–H groups in total. The lowest BCUT2D eigenvalue weighted by molar-refractivity contribution is -0.686. The molecular weight excluding hydrogens is 669 g/mol. The smallest absolute Gasteiger partial charge is 0.409 e. The normalized spacial score (nSPS) is 26.7. The van der Waals surface area contributed by atoms with Crippen molar-refractivity contribution < 1.29 is 32.2 Å². The second-order valence-corrected chi connectivity index (χ2v) is 16.1. The zero-order valence-corrected chi connectivity index (χ0v) is 28.6. The summed E-state index contributed by atoms with van der Waals surface area (Å²) in [5.41, 5.74) is 3.76. The Morgan fingerprint density at radius 3 is 2.59 bits per heavy atom. The first-order valence-corrected chi connectivity index (χ1v) is 18.6. The molecule has 5 aliphatic rings. The number of amides is 1. The lowest BCUT2D eigenvalue weighted by Gasteiger charge is -2.57. The van der Waals surface area contributed by atoms with E-state index in [0.29, 0.717) is 36.4 Å². The van der Waals surface area contributed by atoms with E-state index in [-0.39, 0.29) is 40.7 Å².